The van der Waals surface area contributed by atoms with Gasteiger partial charge in [-0.3, -0.25) is 4.79 Å². The van der Waals surface area contributed by atoms with E-state index in [1.54, 1.807) is 11.3 Å². The van der Waals surface area contributed by atoms with Gasteiger partial charge in [0.15, 0.2) is 9.84 Å². The number of hydrogen-bond donors (Lipinski definition) is 0. The molecular formula is C17H16F3NO3S2. The predicted molar refractivity (Wildman–Crippen MR) is 92.4 cm³/mol. The Kier molecular flexibility index (Phi) is 5.12. The number of carbonyl (C=O) groups excluding carboxylic acids is 1. The van der Waals surface area contributed by atoms with Crippen LogP contribution in [0.5, 0.6) is 0 Å². The lowest BCUT2D eigenvalue weighted by atomic mass is 10.1. The molecular weight excluding hydrogens is 387 g/mol. The van der Waals surface area contributed by atoms with Crippen LogP contribution in [0.25, 0.3) is 0 Å². The molecule has 4 nitrogen and oxygen atoms in total. The van der Waals surface area contributed by atoms with Gasteiger partial charge >= 0.3 is 6.18 Å². The standard InChI is InChI=1S/C17H16F3NO3S2/c18-17(19,20)14-4-2-1-3-13(14)10-26(23,24)11-16(22)21-7-5-15-12(9-21)6-8-25-15/h1-4,6,8H,5,7,9-11H2. The number of thiophene rings is 1. The van der Waals surface area contributed by atoms with E-state index in [-0.39, 0.29) is 5.56 Å². The Labute approximate surface area is 153 Å². The zero-order chi connectivity index (χ0) is 18.9. The Hall–Kier alpha value is -1.87. The molecule has 0 saturated carbocycles. The maximum absolute atomic E-state index is 13.0. The number of benzene rings is 1. The summed E-state index contributed by atoms with van der Waals surface area (Å²) in [6, 6.07) is 6.42. The van der Waals surface area contributed by atoms with Crippen molar-refractivity contribution in [3.63, 3.8) is 0 Å². The van der Waals surface area contributed by atoms with Crippen molar-refractivity contribution in [3.05, 3.63) is 57.3 Å². The summed E-state index contributed by atoms with van der Waals surface area (Å²) in [6.07, 6.45) is -3.98. The van der Waals surface area contributed by atoms with Crippen molar-refractivity contribution in [1.82, 2.24) is 4.90 Å². The molecule has 0 N–H and O–H groups in total. The zero-order valence-electron chi connectivity index (χ0n) is 13.6. The average molecular weight is 403 g/mol. The Morgan fingerprint density at radius 3 is 2.65 bits per heavy atom. The van der Waals surface area contributed by atoms with Crippen molar-refractivity contribution in [2.75, 3.05) is 12.3 Å². The summed E-state index contributed by atoms with van der Waals surface area (Å²) in [4.78, 5) is 15.0. The molecule has 1 aromatic heterocycles. The quantitative estimate of drug-likeness (QED) is 0.787. The summed E-state index contributed by atoms with van der Waals surface area (Å²) in [5.74, 6) is -2.18. The summed E-state index contributed by atoms with van der Waals surface area (Å²) in [6.45, 7) is 0.757. The fourth-order valence-electron chi connectivity index (χ4n) is 2.95. The molecule has 0 atom stereocenters. The second-order valence-corrected chi connectivity index (χ2v) is 9.19. The van der Waals surface area contributed by atoms with Gasteiger partial charge in [0.1, 0.15) is 5.75 Å². The predicted octanol–water partition coefficient (Wildman–Crippen LogP) is 3.27. The SMILES string of the molecule is O=C(CS(=O)(=O)Cc1ccccc1C(F)(F)F)N1CCc2sccc2C1. The van der Waals surface area contributed by atoms with Crippen LogP contribution in [0, 0.1) is 0 Å². The molecule has 1 aromatic carbocycles. The number of amides is 1. The van der Waals surface area contributed by atoms with E-state index in [1.165, 1.54) is 21.9 Å². The lowest BCUT2D eigenvalue weighted by molar-refractivity contribution is -0.138. The smallest absolute Gasteiger partial charge is 0.337 e. The summed E-state index contributed by atoms with van der Waals surface area (Å²) >= 11 is 1.60. The molecule has 0 fully saturated rings. The third-order valence-electron chi connectivity index (χ3n) is 4.20. The molecule has 2 heterocycles. The van der Waals surface area contributed by atoms with Crippen LogP contribution in [0.4, 0.5) is 13.2 Å². The number of halogens is 3. The van der Waals surface area contributed by atoms with Crippen LogP contribution in [0.3, 0.4) is 0 Å². The first kappa shape index (κ1) is 18.9. The fraction of sp³-hybridized carbons (Fsp3) is 0.353. The number of carbonyl (C=O) groups is 1. The Morgan fingerprint density at radius 2 is 1.92 bits per heavy atom. The number of fused-ring (bicyclic) bond motifs is 1. The molecule has 0 radical (unpaired) electrons. The highest BCUT2D eigenvalue weighted by Gasteiger charge is 2.34. The first-order chi connectivity index (χ1) is 12.2. The van der Waals surface area contributed by atoms with E-state index in [0.717, 1.165) is 17.7 Å². The molecule has 1 aliphatic rings. The van der Waals surface area contributed by atoms with E-state index >= 15 is 0 Å². The first-order valence-corrected chi connectivity index (χ1v) is 10.5. The number of rotatable bonds is 4. The largest absolute Gasteiger partial charge is 0.416 e. The Bertz CT molecular complexity index is 919. The van der Waals surface area contributed by atoms with E-state index in [9.17, 15) is 26.4 Å². The van der Waals surface area contributed by atoms with Crippen LogP contribution in [-0.4, -0.2) is 31.5 Å². The maximum atomic E-state index is 13.0. The molecule has 0 spiro atoms. The van der Waals surface area contributed by atoms with Crippen molar-refractivity contribution in [2.45, 2.75) is 24.9 Å². The van der Waals surface area contributed by atoms with Gasteiger partial charge in [0.2, 0.25) is 5.91 Å². The van der Waals surface area contributed by atoms with Gasteiger partial charge in [0.25, 0.3) is 0 Å². The van der Waals surface area contributed by atoms with Crippen molar-refractivity contribution >= 4 is 27.1 Å². The summed E-state index contributed by atoms with van der Waals surface area (Å²) < 4.78 is 63.7. The molecule has 26 heavy (non-hydrogen) atoms. The topological polar surface area (TPSA) is 54.5 Å². The molecule has 0 aliphatic carbocycles. The van der Waals surface area contributed by atoms with Gasteiger partial charge in [-0.1, -0.05) is 18.2 Å². The molecule has 9 heteroatoms. The lowest BCUT2D eigenvalue weighted by Crippen LogP contribution is -2.39. The average Bonchev–Trinajstić information content (AvgIpc) is 3.01. The zero-order valence-corrected chi connectivity index (χ0v) is 15.3. The molecule has 1 aliphatic heterocycles. The Morgan fingerprint density at radius 1 is 1.19 bits per heavy atom. The van der Waals surface area contributed by atoms with Gasteiger partial charge in [-0.15, -0.1) is 11.3 Å². The third kappa shape index (κ3) is 4.27. The van der Waals surface area contributed by atoms with Crippen LogP contribution < -0.4 is 0 Å². The molecule has 2 aromatic rings. The second-order valence-electron chi connectivity index (χ2n) is 6.12. The van der Waals surface area contributed by atoms with Crippen LogP contribution in [0.15, 0.2) is 35.7 Å². The molecule has 140 valence electrons. The molecule has 0 saturated heterocycles. The van der Waals surface area contributed by atoms with Crippen molar-refractivity contribution < 1.29 is 26.4 Å². The number of nitrogens with zero attached hydrogens (tertiary/aromatic N) is 1. The van der Waals surface area contributed by atoms with Crippen LogP contribution in [-0.2, 0) is 39.5 Å². The minimum atomic E-state index is -4.64. The molecule has 1 amide bonds. The number of alkyl halides is 3. The molecule has 0 bridgehead atoms. The van der Waals surface area contributed by atoms with Gasteiger partial charge in [-0.05, 0) is 35.1 Å². The number of sulfone groups is 1. The minimum Gasteiger partial charge on any atom is -0.337 e. The maximum Gasteiger partial charge on any atom is 0.416 e. The summed E-state index contributed by atoms with van der Waals surface area (Å²) in [5.41, 5.74) is -0.335. The highest BCUT2D eigenvalue weighted by molar-refractivity contribution is 7.91. The summed E-state index contributed by atoms with van der Waals surface area (Å²) in [5, 5.41) is 1.92. The van der Waals surface area contributed by atoms with Crippen molar-refractivity contribution in [1.29, 1.82) is 0 Å². The number of hydrogen-bond acceptors (Lipinski definition) is 4. The normalized spacial score (nSPS) is 15.0. The minimum absolute atomic E-state index is 0.340. The van der Waals surface area contributed by atoms with Gasteiger partial charge in [0, 0.05) is 18.0 Å². The first-order valence-electron chi connectivity index (χ1n) is 7.84. The van der Waals surface area contributed by atoms with Crippen LogP contribution in [0.1, 0.15) is 21.6 Å². The van der Waals surface area contributed by atoms with E-state index in [1.807, 2.05) is 11.4 Å². The van der Waals surface area contributed by atoms with Gasteiger partial charge in [-0.25, -0.2) is 8.42 Å². The fourth-order valence-corrected chi connectivity index (χ4v) is 5.23. The van der Waals surface area contributed by atoms with Crippen LogP contribution in [0.2, 0.25) is 0 Å². The van der Waals surface area contributed by atoms with E-state index < -0.39 is 39.0 Å². The van der Waals surface area contributed by atoms with Gasteiger partial charge in [-0.2, -0.15) is 13.2 Å². The van der Waals surface area contributed by atoms with Crippen molar-refractivity contribution in [2.24, 2.45) is 0 Å². The highest BCUT2D eigenvalue weighted by atomic mass is 32.2. The van der Waals surface area contributed by atoms with E-state index in [0.29, 0.717) is 19.5 Å². The summed E-state index contributed by atoms with van der Waals surface area (Å²) in [7, 11) is -4.02. The van der Waals surface area contributed by atoms with Gasteiger partial charge in [0.05, 0.1) is 11.3 Å². The van der Waals surface area contributed by atoms with Crippen LogP contribution >= 0.6 is 11.3 Å². The van der Waals surface area contributed by atoms with Crippen molar-refractivity contribution in [3.8, 4) is 0 Å². The van der Waals surface area contributed by atoms with Gasteiger partial charge < -0.3 is 4.90 Å². The monoisotopic (exact) mass is 403 g/mol. The van der Waals surface area contributed by atoms with E-state index in [2.05, 4.69) is 0 Å². The third-order valence-corrected chi connectivity index (χ3v) is 6.66. The Balaban J connectivity index is 1.71. The highest BCUT2D eigenvalue weighted by Crippen LogP contribution is 2.32. The van der Waals surface area contributed by atoms with E-state index in [4.69, 9.17) is 0 Å². The molecule has 0 unspecified atom stereocenters. The molecule has 3 rings (SSSR count). The second kappa shape index (κ2) is 7.03. The lowest BCUT2D eigenvalue weighted by Gasteiger charge is -2.27.